The highest BCUT2D eigenvalue weighted by molar-refractivity contribution is 9.10. The van der Waals surface area contributed by atoms with Crippen molar-refractivity contribution in [3.63, 3.8) is 0 Å². The first-order valence-corrected chi connectivity index (χ1v) is 8.48. The largest absolute Gasteiger partial charge is 0.445 e. The molecule has 2 aromatic heterocycles. The van der Waals surface area contributed by atoms with Gasteiger partial charge < -0.3 is 10.1 Å². The summed E-state index contributed by atoms with van der Waals surface area (Å²) in [6.45, 7) is 4.93. The number of pyridine rings is 1. The number of ether oxygens (including phenoxy) is 1. The molecule has 0 saturated heterocycles. The summed E-state index contributed by atoms with van der Waals surface area (Å²) < 4.78 is 21.1. The molecule has 0 fully saturated rings. The predicted molar refractivity (Wildman–Crippen MR) is 96.7 cm³/mol. The second kappa shape index (κ2) is 8.26. The van der Waals surface area contributed by atoms with E-state index in [0.717, 1.165) is 9.15 Å². The zero-order chi connectivity index (χ0) is 19.3. The van der Waals surface area contributed by atoms with Gasteiger partial charge in [0.2, 0.25) is 0 Å². The number of aromatic nitrogens is 4. The smallest absolute Gasteiger partial charge is 0.407 e. The van der Waals surface area contributed by atoms with E-state index in [1.54, 1.807) is 39.1 Å². The fraction of sp³-hybridized carbons (Fsp3) is 0.375. The molecule has 1 N–H and O–H groups in total. The van der Waals surface area contributed by atoms with E-state index in [0.29, 0.717) is 12.1 Å². The molecule has 0 unspecified atom stereocenters. The molecule has 0 radical (unpaired) electrons. The lowest BCUT2D eigenvalue weighted by atomic mass is 10.1. The number of rotatable bonds is 5. The van der Waals surface area contributed by atoms with Crippen LogP contribution in [-0.2, 0) is 11.3 Å². The third kappa shape index (κ3) is 5.51. The van der Waals surface area contributed by atoms with Crippen molar-refractivity contribution in [1.29, 1.82) is 0 Å². The van der Waals surface area contributed by atoms with Crippen molar-refractivity contribution in [1.82, 2.24) is 24.6 Å². The number of nitrogens with one attached hydrogen (secondary N) is 1. The molecular weight excluding hydrogens is 409 g/mol. The SMILES string of the molecule is CC(C)(C)NC(=O)OC/C(=C/F)Cn1ncn(-c2ccc(Br)cn2)c1=O. The Morgan fingerprint density at radius 3 is 2.73 bits per heavy atom. The molecule has 0 saturated carbocycles. The Morgan fingerprint density at radius 2 is 2.15 bits per heavy atom. The molecule has 10 heteroatoms. The second-order valence-electron chi connectivity index (χ2n) is 6.49. The first-order chi connectivity index (χ1) is 12.2. The third-order valence-corrected chi connectivity index (χ3v) is 3.53. The van der Waals surface area contributed by atoms with Crippen LogP contribution >= 0.6 is 15.9 Å². The van der Waals surface area contributed by atoms with Gasteiger partial charge in [0.15, 0.2) is 0 Å². The van der Waals surface area contributed by atoms with E-state index in [-0.39, 0.29) is 18.7 Å². The zero-order valence-electron chi connectivity index (χ0n) is 14.6. The highest BCUT2D eigenvalue weighted by Crippen LogP contribution is 2.09. The molecule has 0 atom stereocenters. The maximum absolute atomic E-state index is 13.1. The Hall–Kier alpha value is -2.49. The van der Waals surface area contributed by atoms with E-state index in [9.17, 15) is 14.0 Å². The molecule has 0 aliphatic heterocycles. The van der Waals surface area contributed by atoms with E-state index in [4.69, 9.17) is 4.74 Å². The van der Waals surface area contributed by atoms with Gasteiger partial charge in [0.05, 0.1) is 12.9 Å². The number of hydrogen-bond acceptors (Lipinski definition) is 5. The van der Waals surface area contributed by atoms with Crippen LogP contribution in [0.4, 0.5) is 9.18 Å². The van der Waals surface area contributed by atoms with Gasteiger partial charge in [-0.05, 0) is 48.8 Å². The van der Waals surface area contributed by atoms with Crippen LogP contribution in [0.3, 0.4) is 0 Å². The maximum Gasteiger partial charge on any atom is 0.407 e. The molecule has 0 aliphatic rings. The van der Waals surface area contributed by atoms with Crippen molar-refractivity contribution in [2.24, 2.45) is 0 Å². The topological polar surface area (TPSA) is 91.0 Å². The Bertz CT molecular complexity index is 852. The first-order valence-electron chi connectivity index (χ1n) is 7.69. The summed E-state index contributed by atoms with van der Waals surface area (Å²) in [6.07, 6.45) is 2.47. The summed E-state index contributed by atoms with van der Waals surface area (Å²) in [5.74, 6) is 0.385. The second-order valence-corrected chi connectivity index (χ2v) is 7.41. The van der Waals surface area contributed by atoms with Crippen LogP contribution in [-0.4, -0.2) is 37.6 Å². The zero-order valence-corrected chi connectivity index (χ0v) is 16.2. The molecule has 0 aliphatic carbocycles. The first kappa shape index (κ1) is 19.8. The molecule has 140 valence electrons. The van der Waals surface area contributed by atoms with Gasteiger partial charge in [-0.3, -0.25) is 0 Å². The minimum Gasteiger partial charge on any atom is -0.445 e. The van der Waals surface area contributed by atoms with Crippen LogP contribution in [0.1, 0.15) is 20.8 Å². The standard InChI is InChI=1S/C16H19BrFN5O3/c1-16(2,3)21-14(24)26-9-11(6-18)8-23-15(25)22(10-20-23)13-5-4-12(17)7-19-13/h4-7,10H,8-9H2,1-3H3,(H,21,24)/b11-6+. The highest BCUT2D eigenvalue weighted by Gasteiger charge is 2.16. The molecule has 26 heavy (non-hydrogen) atoms. The van der Waals surface area contributed by atoms with Crippen LogP contribution < -0.4 is 11.0 Å². The lowest BCUT2D eigenvalue weighted by Gasteiger charge is -2.20. The van der Waals surface area contributed by atoms with Crippen molar-refractivity contribution >= 4 is 22.0 Å². The molecule has 0 aromatic carbocycles. The van der Waals surface area contributed by atoms with Gasteiger partial charge in [0.1, 0.15) is 18.8 Å². The molecule has 2 heterocycles. The monoisotopic (exact) mass is 427 g/mol. The fourth-order valence-corrected chi connectivity index (χ4v) is 2.15. The third-order valence-electron chi connectivity index (χ3n) is 3.06. The molecule has 0 bridgehead atoms. The van der Waals surface area contributed by atoms with Gasteiger partial charge in [0, 0.05) is 21.8 Å². The molecule has 2 aromatic rings. The number of halogens is 2. The predicted octanol–water partition coefficient (Wildman–Crippen LogP) is 2.57. The van der Waals surface area contributed by atoms with Crippen LogP contribution in [0.5, 0.6) is 0 Å². The summed E-state index contributed by atoms with van der Waals surface area (Å²) in [5.41, 5.74) is -0.868. The van der Waals surface area contributed by atoms with E-state index in [1.807, 2.05) is 0 Å². The molecule has 0 spiro atoms. The molecular formula is C16H19BrFN5O3. The van der Waals surface area contributed by atoms with Crippen molar-refractivity contribution in [2.75, 3.05) is 6.61 Å². The van der Waals surface area contributed by atoms with Crippen molar-refractivity contribution in [2.45, 2.75) is 32.9 Å². The van der Waals surface area contributed by atoms with Gasteiger partial charge in [-0.15, -0.1) is 0 Å². The number of carbonyl (C=O) groups excluding carboxylic acids is 1. The van der Waals surface area contributed by atoms with E-state index in [1.165, 1.54) is 10.9 Å². The maximum atomic E-state index is 13.1. The van der Waals surface area contributed by atoms with Crippen molar-refractivity contribution < 1.29 is 13.9 Å². The normalized spacial score (nSPS) is 12.1. The van der Waals surface area contributed by atoms with Crippen LogP contribution in [0.25, 0.3) is 5.82 Å². The Kier molecular flexibility index (Phi) is 6.30. The summed E-state index contributed by atoms with van der Waals surface area (Å²) in [7, 11) is 0. The number of hydrogen-bond donors (Lipinski definition) is 1. The Labute approximate surface area is 157 Å². The van der Waals surface area contributed by atoms with Crippen molar-refractivity contribution in [3.05, 3.63) is 51.5 Å². The van der Waals surface area contributed by atoms with E-state index < -0.39 is 17.3 Å². The summed E-state index contributed by atoms with van der Waals surface area (Å²) in [6, 6.07) is 3.38. The van der Waals surface area contributed by atoms with Gasteiger partial charge >= 0.3 is 11.8 Å². The lowest BCUT2D eigenvalue weighted by Crippen LogP contribution is -2.41. The highest BCUT2D eigenvalue weighted by atomic mass is 79.9. The van der Waals surface area contributed by atoms with Crippen LogP contribution in [0.2, 0.25) is 0 Å². The van der Waals surface area contributed by atoms with Gasteiger partial charge in [0.25, 0.3) is 0 Å². The Morgan fingerprint density at radius 1 is 1.42 bits per heavy atom. The minimum atomic E-state index is -0.672. The van der Waals surface area contributed by atoms with E-state index in [2.05, 4.69) is 31.3 Å². The molecule has 2 rings (SSSR count). The fourth-order valence-electron chi connectivity index (χ4n) is 1.92. The van der Waals surface area contributed by atoms with Crippen LogP contribution in [0.15, 0.2) is 45.8 Å². The van der Waals surface area contributed by atoms with Crippen molar-refractivity contribution in [3.8, 4) is 5.82 Å². The number of carbonyl (C=O) groups is 1. The van der Waals surface area contributed by atoms with Gasteiger partial charge in [-0.1, -0.05) is 0 Å². The minimum absolute atomic E-state index is 0.0881. The summed E-state index contributed by atoms with van der Waals surface area (Å²) in [4.78, 5) is 28.1. The van der Waals surface area contributed by atoms with Crippen LogP contribution in [0, 0.1) is 0 Å². The number of nitrogens with zero attached hydrogens (tertiary/aromatic N) is 4. The van der Waals surface area contributed by atoms with E-state index >= 15 is 0 Å². The summed E-state index contributed by atoms with van der Waals surface area (Å²) >= 11 is 3.26. The summed E-state index contributed by atoms with van der Waals surface area (Å²) in [5, 5.41) is 6.53. The van der Waals surface area contributed by atoms with Gasteiger partial charge in [-0.25, -0.2) is 28.2 Å². The quantitative estimate of drug-likeness (QED) is 0.791. The lowest BCUT2D eigenvalue weighted by molar-refractivity contribution is 0.145. The average Bonchev–Trinajstić information content (AvgIpc) is 2.91. The number of amides is 1. The van der Waals surface area contributed by atoms with Gasteiger partial charge in [-0.2, -0.15) is 5.10 Å². The molecule has 8 nitrogen and oxygen atoms in total. The Balaban J connectivity index is 2.04. The number of alkyl carbamates (subject to hydrolysis) is 1. The average molecular weight is 428 g/mol. The molecule has 1 amide bonds.